The second-order valence-corrected chi connectivity index (χ2v) is 5.22. The molecule has 0 atom stereocenters. The number of aromatic nitrogens is 2. The summed E-state index contributed by atoms with van der Waals surface area (Å²) >= 11 is 0. The molecule has 106 valence electrons. The van der Waals surface area contributed by atoms with Crippen molar-refractivity contribution in [3.05, 3.63) is 77.4 Å². The van der Waals surface area contributed by atoms with Gasteiger partial charge in [0, 0.05) is 11.1 Å². The molecule has 0 saturated carbocycles. The van der Waals surface area contributed by atoms with Gasteiger partial charge in [-0.05, 0) is 19.9 Å². The van der Waals surface area contributed by atoms with Crippen molar-refractivity contribution in [3.63, 3.8) is 0 Å². The topological polar surface area (TPSA) is 30.1 Å². The smallest absolute Gasteiger partial charge is 0.187 e. The monoisotopic (exact) mass is 285 g/mol. The van der Waals surface area contributed by atoms with E-state index < -0.39 is 0 Å². The van der Waals surface area contributed by atoms with Crippen LogP contribution in [0.4, 0.5) is 5.69 Å². The molecule has 0 spiro atoms. The minimum Gasteiger partial charge on any atom is -0.238 e. The van der Waals surface area contributed by atoms with Crippen LogP contribution in [-0.4, -0.2) is 9.97 Å². The van der Waals surface area contributed by atoms with Crippen molar-refractivity contribution in [2.24, 2.45) is 0 Å². The molecule has 0 amide bonds. The summed E-state index contributed by atoms with van der Waals surface area (Å²) in [6.07, 6.45) is 1.60. The Hall–Kier alpha value is -2.99. The van der Waals surface area contributed by atoms with E-state index in [-0.39, 0.29) is 0 Å². The zero-order valence-corrected chi connectivity index (χ0v) is 12.5. The Kier molecular flexibility index (Phi) is 3.67. The Morgan fingerprint density at radius 1 is 0.864 bits per heavy atom. The van der Waals surface area contributed by atoms with Gasteiger partial charge < -0.3 is 0 Å². The lowest BCUT2D eigenvalue weighted by Gasteiger charge is -2.11. The molecule has 1 heterocycles. The van der Waals surface area contributed by atoms with E-state index in [1.165, 1.54) is 0 Å². The van der Waals surface area contributed by atoms with Crippen LogP contribution in [0.25, 0.3) is 27.4 Å². The molecule has 0 aliphatic heterocycles. The highest BCUT2D eigenvalue weighted by molar-refractivity contribution is 5.74. The Balaban J connectivity index is 2.13. The Labute approximate surface area is 130 Å². The fraction of sp³-hybridized carbons (Fsp3) is 0.105. The quantitative estimate of drug-likeness (QED) is 0.622. The summed E-state index contributed by atoms with van der Waals surface area (Å²) in [5, 5.41) is 0. The molecule has 0 aliphatic rings. The first-order chi connectivity index (χ1) is 10.7. The largest absolute Gasteiger partial charge is 0.238 e. The average Bonchev–Trinajstić information content (AvgIpc) is 2.55. The van der Waals surface area contributed by atoms with Gasteiger partial charge in [-0.3, -0.25) is 0 Å². The fourth-order valence-corrected chi connectivity index (χ4v) is 2.67. The van der Waals surface area contributed by atoms with Gasteiger partial charge in [-0.2, -0.15) is 0 Å². The molecule has 3 heteroatoms. The summed E-state index contributed by atoms with van der Waals surface area (Å²) < 4.78 is 0. The first-order valence-electron chi connectivity index (χ1n) is 7.05. The normalized spacial score (nSPS) is 10.2. The highest BCUT2D eigenvalue weighted by atomic mass is 14.8. The number of hydrogen-bond donors (Lipinski definition) is 0. The van der Waals surface area contributed by atoms with E-state index in [0.29, 0.717) is 5.69 Å². The first kappa shape index (κ1) is 14.0. The number of nitrogens with zero attached hydrogens (tertiary/aromatic N) is 3. The lowest BCUT2D eigenvalue weighted by molar-refractivity contribution is 1.17. The van der Waals surface area contributed by atoms with E-state index in [1.807, 2.05) is 62.4 Å². The third kappa shape index (κ3) is 2.59. The molecule has 0 aliphatic carbocycles. The van der Waals surface area contributed by atoms with Crippen LogP contribution in [0.1, 0.15) is 11.1 Å². The zero-order chi connectivity index (χ0) is 15.5. The van der Waals surface area contributed by atoms with Crippen LogP contribution in [0.3, 0.4) is 0 Å². The van der Waals surface area contributed by atoms with E-state index in [9.17, 15) is 0 Å². The predicted octanol–water partition coefficient (Wildman–Crippen LogP) is 4.98. The molecule has 0 bridgehead atoms. The van der Waals surface area contributed by atoms with Crippen LogP contribution in [0.2, 0.25) is 0 Å². The summed E-state index contributed by atoms with van der Waals surface area (Å²) in [7, 11) is 0. The maximum Gasteiger partial charge on any atom is 0.187 e. The maximum absolute atomic E-state index is 7.16. The van der Waals surface area contributed by atoms with Crippen LogP contribution in [-0.2, 0) is 0 Å². The van der Waals surface area contributed by atoms with Crippen LogP contribution >= 0.6 is 0 Å². The molecular weight excluding hydrogens is 270 g/mol. The maximum atomic E-state index is 7.16. The van der Waals surface area contributed by atoms with E-state index in [0.717, 1.165) is 33.6 Å². The summed E-state index contributed by atoms with van der Waals surface area (Å²) in [4.78, 5) is 12.3. The average molecular weight is 285 g/mol. The highest BCUT2D eigenvalue weighted by Gasteiger charge is 2.10. The van der Waals surface area contributed by atoms with Gasteiger partial charge in [-0.25, -0.2) is 14.8 Å². The number of hydrogen-bond acceptors (Lipinski definition) is 2. The third-order valence-corrected chi connectivity index (χ3v) is 3.64. The van der Waals surface area contributed by atoms with Gasteiger partial charge in [0.2, 0.25) is 0 Å². The third-order valence-electron chi connectivity index (χ3n) is 3.64. The van der Waals surface area contributed by atoms with E-state index in [1.54, 1.807) is 6.33 Å². The Morgan fingerprint density at radius 2 is 1.50 bits per heavy atom. The van der Waals surface area contributed by atoms with Gasteiger partial charge in [-0.1, -0.05) is 53.6 Å². The van der Waals surface area contributed by atoms with Crippen LogP contribution in [0, 0.1) is 20.4 Å². The summed E-state index contributed by atoms with van der Waals surface area (Å²) in [6.45, 7) is 11.2. The lowest BCUT2D eigenvalue weighted by Crippen LogP contribution is -1.93. The van der Waals surface area contributed by atoms with Crippen molar-refractivity contribution in [3.8, 4) is 22.5 Å². The number of rotatable bonds is 2. The molecule has 2 aromatic carbocycles. The minimum atomic E-state index is 0.663. The van der Waals surface area contributed by atoms with Crippen LogP contribution in [0.5, 0.6) is 0 Å². The molecule has 0 saturated heterocycles. The van der Waals surface area contributed by atoms with E-state index in [2.05, 4.69) is 14.8 Å². The van der Waals surface area contributed by atoms with Gasteiger partial charge >= 0.3 is 0 Å². The Bertz CT molecular complexity index is 838. The van der Waals surface area contributed by atoms with Gasteiger partial charge in [-0.15, -0.1) is 0 Å². The van der Waals surface area contributed by atoms with Gasteiger partial charge in [0.15, 0.2) is 5.69 Å². The second-order valence-electron chi connectivity index (χ2n) is 5.22. The minimum absolute atomic E-state index is 0.663. The van der Waals surface area contributed by atoms with Crippen molar-refractivity contribution < 1.29 is 0 Å². The predicted molar refractivity (Wildman–Crippen MR) is 88.6 cm³/mol. The zero-order valence-electron chi connectivity index (χ0n) is 12.5. The van der Waals surface area contributed by atoms with Crippen molar-refractivity contribution in [2.75, 3.05) is 0 Å². The fourth-order valence-electron chi connectivity index (χ4n) is 2.67. The molecule has 3 aromatic rings. The SMILES string of the molecule is [C-]#[N+]c1cc(C)c(-c2cc(-c3ccccc3)ncn2)c(C)c1. The lowest BCUT2D eigenvalue weighted by atomic mass is 9.98. The van der Waals surface area contributed by atoms with Gasteiger partial charge in [0.05, 0.1) is 18.0 Å². The molecule has 1 aromatic heterocycles. The second kappa shape index (κ2) is 5.79. The summed E-state index contributed by atoms with van der Waals surface area (Å²) in [5.74, 6) is 0. The Morgan fingerprint density at radius 3 is 2.14 bits per heavy atom. The molecule has 0 radical (unpaired) electrons. The molecule has 0 unspecified atom stereocenters. The number of benzene rings is 2. The standard InChI is InChI=1S/C19H15N3/c1-13-9-16(20-3)10-14(2)19(13)18-11-17(21-12-22-18)15-7-5-4-6-8-15/h4-12H,1-2H3. The van der Waals surface area contributed by atoms with Crippen LogP contribution < -0.4 is 0 Å². The molecule has 3 nitrogen and oxygen atoms in total. The first-order valence-corrected chi connectivity index (χ1v) is 7.05. The van der Waals surface area contributed by atoms with E-state index in [4.69, 9.17) is 6.57 Å². The molecule has 0 fully saturated rings. The van der Waals surface area contributed by atoms with Crippen LogP contribution in [0.15, 0.2) is 54.9 Å². The summed E-state index contributed by atoms with van der Waals surface area (Å²) in [6, 6.07) is 15.9. The van der Waals surface area contributed by atoms with Crippen molar-refractivity contribution in [2.45, 2.75) is 13.8 Å². The molecular formula is C19H15N3. The molecule has 0 N–H and O–H groups in total. The van der Waals surface area contributed by atoms with Gasteiger partial charge in [0.1, 0.15) is 6.33 Å². The number of aryl methyl sites for hydroxylation is 2. The van der Waals surface area contributed by atoms with E-state index >= 15 is 0 Å². The summed E-state index contributed by atoms with van der Waals surface area (Å²) in [5.41, 5.74) is 6.72. The van der Waals surface area contributed by atoms with Gasteiger partial charge in [0.25, 0.3) is 0 Å². The molecule has 3 rings (SSSR count). The molecule has 22 heavy (non-hydrogen) atoms. The van der Waals surface area contributed by atoms with Crippen molar-refractivity contribution in [1.29, 1.82) is 0 Å². The van der Waals surface area contributed by atoms with Crippen molar-refractivity contribution >= 4 is 5.69 Å². The van der Waals surface area contributed by atoms with Crippen molar-refractivity contribution in [1.82, 2.24) is 9.97 Å². The highest BCUT2D eigenvalue weighted by Crippen LogP contribution is 2.31.